The number of nitrogen functional groups attached to an aromatic ring is 1. The Balaban J connectivity index is 2.37. The Hall–Kier alpha value is -1.74. The summed E-state index contributed by atoms with van der Waals surface area (Å²) in [6, 6.07) is 7.48. The van der Waals surface area contributed by atoms with Crippen molar-refractivity contribution in [2.45, 2.75) is 33.6 Å². The summed E-state index contributed by atoms with van der Waals surface area (Å²) in [5.74, 6) is 1.65. The van der Waals surface area contributed by atoms with E-state index in [1.165, 1.54) is 0 Å². The third kappa shape index (κ3) is 3.05. The van der Waals surface area contributed by atoms with Crippen LogP contribution < -0.4 is 10.5 Å². The minimum absolute atomic E-state index is 0.339. The van der Waals surface area contributed by atoms with Crippen molar-refractivity contribution in [1.29, 1.82) is 0 Å². The maximum atomic E-state index is 6.26. The molecule has 0 fully saturated rings. The standard InChI is InChI=1S/C16H19ClN2O/c1-9(2)12-8-15(10(3)7-13(12)17)20-16-6-5-14(18)11(4)19-16/h5-9H,18H2,1-4H3. The molecule has 106 valence electrons. The molecule has 1 aromatic heterocycles. The Morgan fingerprint density at radius 1 is 1.20 bits per heavy atom. The SMILES string of the molecule is Cc1cc(Cl)c(C(C)C)cc1Oc1ccc(N)c(C)n1. The molecule has 20 heavy (non-hydrogen) atoms. The van der Waals surface area contributed by atoms with Gasteiger partial charge in [-0.15, -0.1) is 0 Å². The van der Waals surface area contributed by atoms with Gasteiger partial charge in [-0.3, -0.25) is 0 Å². The van der Waals surface area contributed by atoms with Crippen LogP contribution in [-0.4, -0.2) is 4.98 Å². The van der Waals surface area contributed by atoms with Crippen molar-refractivity contribution in [3.05, 3.63) is 46.1 Å². The van der Waals surface area contributed by atoms with Crippen LogP contribution in [0.3, 0.4) is 0 Å². The first-order chi connectivity index (χ1) is 9.38. The highest BCUT2D eigenvalue weighted by molar-refractivity contribution is 6.31. The van der Waals surface area contributed by atoms with E-state index in [1.807, 2.05) is 26.0 Å². The number of nitrogens with two attached hydrogens (primary N) is 1. The van der Waals surface area contributed by atoms with Crippen LogP contribution in [0.2, 0.25) is 5.02 Å². The maximum absolute atomic E-state index is 6.26. The molecule has 0 spiro atoms. The van der Waals surface area contributed by atoms with E-state index in [1.54, 1.807) is 12.1 Å². The van der Waals surface area contributed by atoms with Crippen molar-refractivity contribution in [1.82, 2.24) is 4.98 Å². The molecule has 0 aliphatic heterocycles. The van der Waals surface area contributed by atoms with E-state index in [0.29, 0.717) is 17.5 Å². The fourth-order valence-corrected chi connectivity index (χ4v) is 2.38. The summed E-state index contributed by atoms with van der Waals surface area (Å²) in [5.41, 5.74) is 9.23. The number of halogens is 1. The third-order valence-electron chi connectivity index (χ3n) is 3.23. The Bertz CT molecular complexity index is 639. The van der Waals surface area contributed by atoms with Crippen LogP contribution in [0.4, 0.5) is 5.69 Å². The van der Waals surface area contributed by atoms with E-state index in [9.17, 15) is 0 Å². The number of benzene rings is 1. The zero-order chi connectivity index (χ0) is 14.9. The minimum Gasteiger partial charge on any atom is -0.439 e. The first-order valence-corrected chi connectivity index (χ1v) is 6.97. The normalized spacial score (nSPS) is 10.9. The van der Waals surface area contributed by atoms with Gasteiger partial charge in [-0.1, -0.05) is 25.4 Å². The van der Waals surface area contributed by atoms with Gasteiger partial charge < -0.3 is 10.5 Å². The summed E-state index contributed by atoms with van der Waals surface area (Å²) in [6.45, 7) is 8.03. The van der Waals surface area contributed by atoms with Gasteiger partial charge in [0.05, 0.1) is 11.4 Å². The number of aryl methyl sites for hydroxylation is 2. The molecule has 0 saturated carbocycles. The Labute approximate surface area is 124 Å². The van der Waals surface area contributed by atoms with E-state index in [0.717, 1.165) is 27.6 Å². The first kappa shape index (κ1) is 14.7. The molecule has 0 unspecified atom stereocenters. The molecular weight excluding hydrogens is 272 g/mol. The van der Waals surface area contributed by atoms with Crippen molar-refractivity contribution in [2.24, 2.45) is 0 Å². The second-order valence-corrected chi connectivity index (χ2v) is 5.63. The topological polar surface area (TPSA) is 48.1 Å². The second-order valence-electron chi connectivity index (χ2n) is 5.22. The molecule has 0 aliphatic carbocycles. The smallest absolute Gasteiger partial charge is 0.219 e. The molecule has 0 atom stereocenters. The predicted molar refractivity (Wildman–Crippen MR) is 83.7 cm³/mol. The van der Waals surface area contributed by atoms with Crippen LogP contribution in [0.1, 0.15) is 36.6 Å². The molecule has 0 bridgehead atoms. The van der Waals surface area contributed by atoms with Gasteiger partial charge in [0.2, 0.25) is 5.88 Å². The molecule has 1 heterocycles. The summed E-state index contributed by atoms with van der Waals surface area (Å²) < 4.78 is 5.87. The fraction of sp³-hybridized carbons (Fsp3) is 0.312. The van der Waals surface area contributed by atoms with Gasteiger partial charge in [0.25, 0.3) is 0 Å². The van der Waals surface area contributed by atoms with E-state index in [4.69, 9.17) is 22.1 Å². The van der Waals surface area contributed by atoms with Crippen molar-refractivity contribution in [3.63, 3.8) is 0 Å². The van der Waals surface area contributed by atoms with Crippen LogP contribution >= 0.6 is 11.6 Å². The summed E-state index contributed by atoms with van der Waals surface area (Å²) in [6.07, 6.45) is 0. The number of rotatable bonds is 3. The number of hydrogen-bond acceptors (Lipinski definition) is 3. The molecule has 0 aliphatic rings. The minimum atomic E-state index is 0.339. The highest BCUT2D eigenvalue weighted by Crippen LogP contribution is 2.33. The van der Waals surface area contributed by atoms with Crippen LogP contribution in [0, 0.1) is 13.8 Å². The van der Waals surface area contributed by atoms with Gasteiger partial charge in [-0.05, 0) is 49.1 Å². The fourth-order valence-electron chi connectivity index (χ4n) is 1.94. The van der Waals surface area contributed by atoms with Gasteiger partial charge >= 0.3 is 0 Å². The highest BCUT2D eigenvalue weighted by Gasteiger charge is 2.11. The molecule has 3 nitrogen and oxygen atoms in total. The number of ether oxygens (including phenoxy) is 1. The highest BCUT2D eigenvalue weighted by atomic mass is 35.5. The lowest BCUT2D eigenvalue weighted by Crippen LogP contribution is -1.98. The monoisotopic (exact) mass is 290 g/mol. The van der Waals surface area contributed by atoms with Crippen LogP contribution in [0.15, 0.2) is 24.3 Å². The zero-order valence-electron chi connectivity index (χ0n) is 12.2. The van der Waals surface area contributed by atoms with Crippen molar-refractivity contribution < 1.29 is 4.74 Å². The van der Waals surface area contributed by atoms with E-state index < -0.39 is 0 Å². The lowest BCUT2D eigenvalue weighted by Gasteiger charge is -2.14. The predicted octanol–water partition coefficient (Wildman–Crippen LogP) is 4.85. The van der Waals surface area contributed by atoms with E-state index >= 15 is 0 Å². The largest absolute Gasteiger partial charge is 0.439 e. The molecular formula is C16H19ClN2O. The number of hydrogen-bond donors (Lipinski definition) is 1. The molecule has 1 aromatic carbocycles. The zero-order valence-corrected chi connectivity index (χ0v) is 13.0. The third-order valence-corrected chi connectivity index (χ3v) is 3.56. The lowest BCUT2D eigenvalue weighted by molar-refractivity contribution is 0.457. The second kappa shape index (κ2) is 5.71. The van der Waals surface area contributed by atoms with E-state index in [-0.39, 0.29) is 0 Å². The van der Waals surface area contributed by atoms with Crippen molar-refractivity contribution in [2.75, 3.05) is 5.73 Å². The molecule has 4 heteroatoms. The number of aromatic nitrogens is 1. The average Bonchev–Trinajstić information content (AvgIpc) is 2.36. The molecule has 0 amide bonds. The van der Waals surface area contributed by atoms with Gasteiger partial charge in [0, 0.05) is 11.1 Å². The van der Waals surface area contributed by atoms with Gasteiger partial charge in [-0.25, -0.2) is 4.98 Å². The van der Waals surface area contributed by atoms with Crippen LogP contribution in [-0.2, 0) is 0 Å². The van der Waals surface area contributed by atoms with E-state index in [2.05, 4.69) is 18.8 Å². The molecule has 0 radical (unpaired) electrons. The van der Waals surface area contributed by atoms with Crippen molar-refractivity contribution >= 4 is 17.3 Å². The molecule has 0 saturated heterocycles. The molecule has 2 aromatic rings. The first-order valence-electron chi connectivity index (χ1n) is 6.59. The number of pyridine rings is 1. The number of anilines is 1. The van der Waals surface area contributed by atoms with Crippen LogP contribution in [0.5, 0.6) is 11.6 Å². The van der Waals surface area contributed by atoms with Gasteiger partial charge in [0.15, 0.2) is 0 Å². The molecule has 2 rings (SSSR count). The summed E-state index contributed by atoms with van der Waals surface area (Å²) in [5, 5.41) is 0.770. The quantitative estimate of drug-likeness (QED) is 0.879. The van der Waals surface area contributed by atoms with Gasteiger partial charge in [0.1, 0.15) is 5.75 Å². The number of nitrogens with zero attached hydrogens (tertiary/aromatic N) is 1. The summed E-state index contributed by atoms with van der Waals surface area (Å²) in [4.78, 5) is 4.33. The Morgan fingerprint density at radius 2 is 1.90 bits per heavy atom. The summed E-state index contributed by atoms with van der Waals surface area (Å²) >= 11 is 6.26. The van der Waals surface area contributed by atoms with Gasteiger partial charge in [-0.2, -0.15) is 0 Å². The Morgan fingerprint density at radius 3 is 2.50 bits per heavy atom. The molecule has 2 N–H and O–H groups in total. The van der Waals surface area contributed by atoms with Crippen molar-refractivity contribution in [3.8, 4) is 11.6 Å². The average molecular weight is 291 g/mol. The maximum Gasteiger partial charge on any atom is 0.219 e. The Kier molecular flexibility index (Phi) is 4.19. The summed E-state index contributed by atoms with van der Waals surface area (Å²) in [7, 11) is 0. The lowest BCUT2D eigenvalue weighted by atomic mass is 10.0. The van der Waals surface area contributed by atoms with Crippen LogP contribution in [0.25, 0.3) is 0 Å².